The van der Waals surface area contributed by atoms with Crippen molar-refractivity contribution in [1.29, 1.82) is 0 Å². The molecule has 1 aliphatic rings. The molecule has 26 heavy (non-hydrogen) atoms. The van der Waals surface area contributed by atoms with Crippen molar-refractivity contribution in [2.24, 2.45) is 0 Å². The fourth-order valence-corrected chi connectivity index (χ4v) is 4.36. The van der Waals surface area contributed by atoms with Gasteiger partial charge in [-0.15, -0.1) is 0 Å². The summed E-state index contributed by atoms with van der Waals surface area (Å²) in [5.74, 6) is 0.201. The Morgan fingerprint density at radius 3 is 2.42 bits per heavy atom. The van der Waals surface area contributed by atoms with E-state index < -0.39 is 11.5 Å². The maximum atomic E-state index is 12.6. The van der Waals surface area contributed by atoms with Crippen LogP contribution in [-0.2, 0) is 11.3 Å². The second kappa shape index (κ2) is 7.53. The molecule has 1 aliphatic heterocycles. The molecule has 0 bridgehead atoms. The van der Waals surface area contributed by atoms with E-state index in [2.05, 4.69) is 10.4 Å². The lowest BCUT2D eigenvalue weighted by atomic mass is 9.91. The molecule has 1 fully saturated rings. The average molecular weight is 373 g/mol. The molecule has 0 atom stereocenters. The number of carboxylic acids is 1. The van der Waals surface area contributed by atoms with Gasteiger partial charge >= 0.3 is 5.97 Å². The number of aromatic nitrogens is 2. The Balaban J connectivity index is 1.70. The standard InChI is InChI=1S/C19H23N3O3S/c1-13-11-14(2)22(21-13)12-15-3-5-16(6-4-15)17(23)20-19(18(24)25)7-9-26-10-8-19/h3-6,11H,7-10,12H2,1-2H3,(H,20,23)(H,24,25). The molecular weight excluding hydrogens is 350 g/mol. The van der Waals surface area contributed by atoms with E-state index in [1.54, 1.807) is 23.9 Å². The zero-order valence-corrected chi connectivity index (χ0v) is 15.8. The largest absolute Gasteiger partial charge is 0.480 e. The van der Waals surface area contributed by atoms with E-state index in [1.165, 1.54) is 0 Å². The average Bonchev–Trinajstić information content (AvgIpc) is 2.93. The Hall–Kier alpha value is -2.28. The minimum absolute atomic E-state index is 0.336. The van der Waals surface area contributed by atoms with Crippen LogP contribution in [0.4, 0.5) is 0 Å². The predicted octanol–water partition coefficient (Wildman–Crippen LogP) is 2.63. The first kappa shape index (κ1) is 18.5. The molecule has 0 spiro atoms. The van der Waals surface area contributed by atoms with Gasteiger partial charge in [-0.1, -0.05) is 12.1 Å². The molecule has 6 nitrogen and oxygen atoms in total. The highest BCUT2D eigenvalue weighted by molar-refractivity contribution is 7.99. The number of amides is 1. The lowest BCUT2D eigenvalue weighted by molar-refractivity contribution is -0.144. The second-order valence-electron chi connectivity index (χ2n) is 6.74. The van der Waals surface area contributed by atoms with Crippen LogP contribution in [0, 0.1) is 13.8 Å². The van der Waals surface area contributed by atoms with Gasteiger partial charge in [0.05, 0.1) is 12.2 Å². The summed E-state index contributed by atoms with van der Waals surface area (Å²) in [5, 5.41) is 16.8. The van der Waals surface area contributed by atoms with Crippen molar-refractivity contribution in [2.45, 2.75) is 38.8 Å². The molecule has 0 saturated carbocycles. The zero-order valence-electron chi connectivity index (χ0n) is 15.0. The lowest BCUT2D eigenvalue weighted by Gasteiger charge is -2.33. The molecule has 2 N–H and O–H groups in total. The molecule has 0 radical (unpaired) electrons. The van der Waals surface area contributed by atoms with Crippen LogP contribution >= 0.6 is 11.8 Å². The Morgan fingerprint density at radius 2 is 1.88 bits per heavy atom. The monoisotopic (exact) mass is 373 g/mol. The van der Waals surface area contributed by atoms with Gasteiger partial charge in [0.2, 0.25) is 0 Å². The van der Waals surface area contributed by atoms with Crippen molar-refractivity contribution in [3.63, 3.8) is 0 Å². The van der Waals surface area contributed by atoms with E-state index >= 15 is 0 Å². The topological polar surface area (TPSA) is 84.2 Å². The molecule has 0 aliphatic carbocycles. The highest BCUT2D eigenvalue weighted by atomic mass is 32.2. The van der Waals surface area contributed by atoms with Gasteiger partial charge in [-0.2, -0.15) is 16.9 Å². The number of hydrogen-bond acceptors (Lipinski definition) is 4. The van der Waals surface area contributed by atoms with Gasteiger partial charge in [-0.25, -0.2) is 4.79 Å². The van der Waals surface area contributed by atoms with Crippen LogP contribution in [0.2, 0.25) is 0 Å². The van der Waals surface area contributed by atoms with E-state index in [1.807, 2.05) is 36.7 Å². The molecule has 1 aromatic heterocycles. The van der Waals surface area contributed by atoms with Crippen molar-refractivity contribution in [3.05, 3.63) is 52.8 Å². The van der Waals surface area contributed by atoms with E-state index in [9.17, 15) is 14.7 Å². The summed E-state index contributed by atoms with van der Waals surface area (Å²) in [4.78, 5) is 24.3. The second-order valence-corrected chi connectivity index (χ2v) is 7.96. The Morgan fingerprint density at radius 1 is 1.23 bits per heavy atom. The van der Waals surface area contributed by atoms with E-state index in [4.69, 9.17) is 0 Å². The van der Waals surface area contributed by atoms with Crippen molar-refractivity contribution in [2.75, 3.05) is 11.5 Å². The molecule has 0 unspecified atom stereocenters. The number of aliphatic carboxylic acids is 1. The van der Waals surface area contributed by atoms with Crippen LogP contribution in [0.25, 0.3) is 0 Å². The van der Waals surface area contributed by atoms with Crippen molar-refractivity contribution in [3.8, 4) is 0 Å². The fraction of sp³-hybridized carbons (Fsp3) is 0.421. The number of benzene rings is 1. The molecule has 2 aromatic rings. The Labute approximate surface area is 157 Å². The predicted molar refractivity (Wildman–Crippen MR) is 102 cm³/mol. The smallest absolute Gasteiger partial charge is 0.329 e. The third-order valence-corrected chi connectivity index (χ3v) is 5.75. The Bertz CT molecular complexity index is 808. The number of hydrogen-bond donors (Lipinski definition) is 2. The molecule has 7 heteroatoms. The molecule has 138 valence electrons. The minimum Gasteiger partial charge on any atom is -0.480 e. The normalized spacial score (nSPS) is 16.2. The molecular formula is C19H23N3O3S. The Kier molecular flexibility index (Phi) is 5.36. The van der Waals surface area contributed by atoms with Gasteiger partial charge in [-0.3, -0.25) is 9.48 Å². The van der Waals surface area contributed by atoms with E-state index in [0.717, 1.165) is 28.5 Å². The third-order valence-electron chi connectivity index (χ3n) is 4.76. The molecule has 1 amide bonds. The first-order valence-electron chi connectivity index (χ1n) is 8.63. The lowest BCUT2D eigenvalue weighted by Crippen LogP contribution is -2.56. The van der Waals surface area contributed by atoms with Crippen LogP contribution in [0.15, 0.2) is 30.3 Å². The van der Waals surface area contributed by atoms with Gasteiger partial charge in [0.25, 0.3) is 5.91 Å². The maximum absolute atomic E-state index is 12.6. The summed E-state index contributed by atoms with van der Waals surface area (Å²) in [7, 11) is 0. The summed E-state index contributed by atoms with van der Waals surface area (Å²) in [6.07, 6.45) is 0.906. The molecule has 3 rings (SSSR count). The highest BCUT2D eigenvalue weighted by Gasteiger charge is 2.41. The van der Waals surface area contributed by atoms with Crippen molar-refractivity contribution >= 4 is 23.6 Å². The van der Waals surface area contributed by atoms with Crippen molar-refractivity contribution < 1.29 is 14.7 Å². The van der Waals surface area contributed by atoms with Gasteiger partial charge in [0.15, 0.2) is 0 Å². The van der Waals surface area contributed by atoms with Gasteiger partial charge < -0.3 is 10.4 Å². The zero-order chi connectivity index (χ0) is 18.7. The van der Waals surface area contributed by atoms with Crippen LogP contribution in [0.1, 0.15) is 40.2 Å². The molecule has 1 saturated heterocycles. The van der Waals surface area contributed by atoms with Crippen LogP contribution in [0.3, 0.4) is 0 Å². The van der Waals surface area contributed by atoms with Crippen molar-refractivity contribution in [1.82, 2.24) is 15.1 Å². The summed E-state index contributed by atoms with van der Waals surface area (Å²) in [6.45, 7) is 4.60. The number of carbonyl (C=O) groups is 2. The number of carboxylic acid groups (broad SMARTS) is 1. The first-order chi connectivity index (χ1) is 12.4. The van der Waals surface area contributed by atoms with Gasteiger partial charge in [0.1, 0.15) is 5.54 Å². The number of nitrogens with zero attached hydrogens (tertiary/aromatic N) is 2. The summed E-state index contributed by atoms with van der Waals surface area (Å²) in [6, 6.07) is 9.27. The van der Waals surface area contributed by atoms with E-state index in [-0.39, 0.29) is 5.91 Å². The fourth-order valence-electron chi connectivity index (χ4n) is 3.17. The van der Waals surface area contributed by atoms with Crippen LogP contribution < -0.4 is 5.32 Å². The SMILES string of the molecule is Cc1cc(C)n(Cc2ccc(C(=O)NC3(C(=O)O)CCSCC3)cc2)n1. The van der Waals surface area contributed by atoms with Gasteiger partial charge in [-0.05, 0) is 62.0 Å². The first-order valence-corrected chi connectivity index (χ1v) is 9.79. The number of thioether (sulfide) groups is 1. The summed E-state index contributed by atoms with van der Waals surface area (Å²) < 4.78 is 1.92. The number of rotatable bonds is 5. The van der Waals surface area contributed by atoms with Crippen LogP contribution in [-0.4, -0.2) is 43.8 Å². The number of aryl methyl sites for hydroxylation is 2. The highest BCUT2D eigenvalue weighted by Crippen LogP contribution is 2.27. The maximum Gasteiger partial charge on any atom is 0.329 e. The third kappa shape index (κ3) is 3.93. The molecule has 1 aromatic carbocycles. The summed E-state index contributed by atoms with van der Waals surface area (Å²) in [5.41, 5.74) is 2.42. The van der Waals surface area contributed by atoms with Crippen LogP contribution in [0.5, 0.6) is 0 Å². The molecule has 2 heterocycles. The minimum atomic E-state index is -1.15. The van der Waals surface area contributed by atoms with Gasteiger partial charge in [0, 0.05) is 11.3 Å². The summed E-state index contributed by atoms with van der Waals surface area (Å²) >= 11 is 1.72. The van der Waals surface area contributed by atoms with E-state index in [0.29, 0.717) is 24.9 Å². The quantitative estimate of drug-likeness (QED) is 0.842. The number of carbonyl (C=O) groups excluding carboxylic acids is 1. The number of nitrogens with one attached hydrogen (secondary N) is 1.